The minimum absolute atomic E-state index is 0.0951. The first-order valence-electron chi connectivity index (χ1n) is 6.76. The maximum atomic E-state index is 8.67. The van der Waals surface area contributed by atoms with E-state index in [1.807, 2.05) is 24.5 Å². The van der Waals surface area contributed by atoms with Crippen LogP contribution in [0.2, 0.25) is 0 Å². The van der Waals surface area contributed by atoms with Crippen LogP contribution < -0.4 is 0 Å². The number of aromatic nitrogens is 2. The number of hydrogen-bond donors (Lipinski definition) is 1. The van der Waals surface area contributed by atoms with Crippen LogP contribution in [-0.2, 0) is 19.6 Å². The van der Waals surface area contributed by atoms with Gasteiger partial charge in [-0.2, -0.15) is 0 Å². The molecule has 0 amide bonds. The molecule has 0 atom stereocenters. The van der Waals surface area contributed by atoms with Crippen molar-refractivity contribution in [1.29, 1.82) is 0 Å². The summed E-state index contributed by atoms with van der Waals surface area (Å²) in [6.07, 6.45) is 3.91. The van der Waals surface area contributed by atoms with Crippen molar-refractivity contribution in [3.8, 4) is 11.8 Å². The monoisotopic (exact) mass is 267 g/mol. The van der Waals surface area contributed by atoms with Crippen molar-refractivity contribution in [3.63, 3.8) is 0 Å². The molecule has 2 heterocycles. The second-order valence-corrected chi connectivity index (χ2v) is 4.90. The fraction of sp³-hybridized carbons (Fsp3) is 0.312. The maximum absolute atomic E-state index is 8.67. The Morgan fingerprint density at radius 2 is 2.05 bits per heavy atom. The molecule has 102 valence electrons. The van der Waals surface area contributed by atoms with Gasteiger partial charge in [0.2, 0.25) is 0 Å². The van der Waals surface area contributed by atoms with Crippen LogP contribution >= 0.6 is 0 Å². The molecule has 1 aromatic carbocycles. The SMILES string of the molecule is OCC#Cc1ccc(CN2CCn3ccnc3C2)cc1. The summed E-state index contributed by atoms with van der Waals surface area (Å²) in [7, 11) is 0. The second kappa shape index (κ2) is 5.91. The quantitative estimate of drug-likeness (QED) is 0.832. The highest BCUT2D eigenvalue weighted by Gasteiger charge is 2.16. The molecular weight excluding hydrogens is 250 g/mol. The average Bonchev–Trinajstić information content (AvgIpc) is 2.94. The Labute approximate surface area is 118 Å². The molecule has 0 spiro atoms. The largest absolute Gasteiger partial charge is 0.384 e. The molecule has 2 aromatic rings. The number of fused-ring (bicyclic) bond motifs is 1. The summed E-state index contributed by atoms with van der Waals surface area (Å²) in [5.74, 6) is 6.71. The van der Waals surface area contributed by atoms with E-state index in [2.05, 4.69) is 38.4 Å². The Balaban J connectivity index is 1.64. The normalized spacial score (nSPS) is 14.4. The van der Waals surface area contributed by atoms with Gasteiger partial charge in [0.05, 0.1) is 6.54 Å². The number of rotatable bonds is 2. The first kappa shape index (κ1) is 12.9. The lowest BCUT2D eigenvalue weighted by Crippen LogP contribution is -2.33. The Kier molecular flexibility index (Phi) is 3.82. The van der Waals surface area contributed by atoms with Crippen molar-refractivity contribution >= 4 is 0 Å². The number of aliphatic hydroxyl groups excluding tert-OH is 1. The fourth-order valence-corrected chi connectivity index (χ4v) is 2.45. The number of aliphatic hydroxyl groups is 1. The first-order valence-corrected chi connectivity index (χ1v) is 6.76. The lowest BCUT2D eigenvalue weighted by Gasteiger charge is -2.27. The van der Waals surface area contributed by atoms with Crippen molar-refractivity contribution in [2.75, 3.05) is 13.2 Å². The maximum Gasteiger partial charge on any atom is 0.122 e. The van der Waals surface area contributed by atoms with E-state index in [0.717, 1.165) is 37.6 Å². The summed E-state index contributed by atoms with van der Waals surface area (Å²) >= 11 is 0. The van der Waals surface area contributed by atoms with Crippen molar-refractivity contribution in [2.45, 2.75) is 19.6 Å². The highest BCUT2D eigenvalue weighted by molar-refractivity contribution is 5.36. The Morgan fingerprint density at radius 1 is 1.20 bits per heavy atom. The number of hydrogen-bond acceptors (Lipinski definition) is 3. The molecule has 1 N–H and O–H groups in total. The van der Waals surface area contributed by atoms with Gasteiger partial charge in [-0.15, -0.1) is 0 Å². The Morgan fingerprint density at radius 3 is 2.85 bits per heavy atom. The van der Waals surface area contributed by atoms with E-state index in [9.17, 15) is 0 Å². The van der Waals surface area contributed by atoms with Crippen molar-refractivity contribution in [1.82, 2.24) is 14.5 Å². The lowest BCUT2D eigenvalue weighted by molar-refractivity contribution is 0.209. The van der Waals surface area contributed by atoms with E-state index in [-0.39, 0.29) is 6.61 Å². The molecule has 3 rings (SSSR count). The molecule has 0 fully saturated rings. The van der Waals surface area contributed by atoms with Crippen LogP contribution in [0, 0.1) is 11.8 Å². The van der Waals surface area contributed by atoms with Crippen molar-refractivity contribution < 1.29 is 5.11 Å². The third-order valence-electron chi connectivity index (χ3n) is 3.50. The molecule has 4 heteroatoms. The van der Waals surface area contributed by atoms with Gasteiger partial charge in [0.15, 0.2) is 0 Å². The first-order chi connectivity index (χ1) is 9.85. The molecule has 1 aliphatic heterocycles. The number of nitrogens with zero attached hydrogens (tertiary/aromatic N) is 3. The van der Waals surface area contributed by atoms with Gasteiger partial charge in [0.1, 0.15) is 12.4 Å². The summed E-state index contributed by atoms with van der Waals surface area (Å²) in [4.78, 5) is 6.78. The summed E-state index contributed by atoms with van der Waals surface area (Å²) in [6.45, 7) is 3.80. The molecule has 20 heavy (non-hydrogen) atoms. The molecule has 1 aromatic heterocycles. The zero-order chi connectivity index (χ0) is 13.8. The van der Waals surface area contributed by atoms with Gasteiger partial charge in [-0.25, -0.2) is 4.98 Å². The van der Waals surface area contributed by atoms with Crippen molar-refractivity contribution in [2.24, 2.45) is 0 Å². The van der Waals surface area contributed by atoms with Crippen LogP contribution in [0.15, 0.2) is 36.7 Å². The van der Waals surface area contributed by atoms with Crippen LogP contribution in [0.3, 0.4) is 0 Å². The van der Waals surface area contributed by atoms with Crippen LogP contribution in [0.4, 0.5) is 0 Å². The second-order valence-electron chi connectivity index (χ2n) is 4.90. The summed E-state index contributed by atoms with van der Waals surface area (Å²) in [5.41, 5.74) is 2.22. The van der Waals surface area contributed by atoms with E-state index < -0.39 is 0 Å². The minimum Gasteiger partial charge on any atom is -0.384 e. The standard InChI is InChI=1S/C16H17N3O/c20-11-1-2-14-3-5-15(6-4-14)12-18-9-10-19-8-7-17-16(19)13-18/h3-8,20H,9-13H2. The van der Waals surface area contributed by atoms with Gasteiger partial charge in [-0.1, -0.05) is 24.0 Å². The van der Waals surface area contributed by atoms with E-state index in [1.165, 1.54) is 5.56 Å². The van der Waals surface area contributed by atoms with Crippen LogP contribution in [0.5, 0.6) is 0 Å². The molecule has 1 aliphatic rings. The van der Waals surface area contributed by atoms with Crippen LogP contribution in [-0.4, -0.2) is 32.7 Å². The predicted octanol–water partition coefficient (Wildman–Crippen LogP) is 1.24. The third kappa shape index (κ3) is 2.90. The van der Waals surface area contributed by atoms with E-state index in [0.29, 0.717) is 0 Å². The van der Waals surface area contributed by atoms with Gasteiger partial charge < -0.3 is 9.67 Å². The molecule has 0 saturated heterocycles. The number of imidazole rings is 1. The molecule has 0 saturated carbocycles. The number of benzene rings is 1. The molecule has 0 unspecified atom stereocenters. The van der Waals surface area contributed by atoms with Gasteiger partial charge in [0, 0.05) is 37.6 Å². The molecule has 4 nitrogen and oxygen atoms in total. The topological polar surface area (TPSA) is 41.3 Å². The van der Waals surface area contributed by atoms with Crippen LogP contribution in [0.1, 0.15) is 17.0 Å². The van der Waals surface area contributed by atoms with Gasteiger partial charge in [0.25, 0.3) is 0 Å². The van der Waals surface area contributed by atoms with Crippen LogP contribution in [0.25, 0.3) is 0 Å². The van der Waals surface area contributed by atoms with E-state index in [1.54, 1.807) is 0 Å². The molecular formula is C16H17N3O. The Bertz CT molecular complexity index is 634. The van der Waals surface area contributed by atoms with E-state index in [4.69, 9.17) is 5.11 Å². The van der Waals surface area contributed by atoms with Gasteiger partial charge >= 0.3 is 0 Å². The zero-order valence-corrected chi connectivity index (χ0v) is 11.3. The summed E-state index contributed by atoms with van der Waals surface area (Å²) < 4.78 is 2.21. The van der Waals surface area contributed by atoms with Gasteiger partial charge in [-0.3, -0.25) is 4.90 Å². The zero-order valence-electron chi connectivity index (χ0n) is 11.3. The van der Waals surface area contributed by atoms with Gasteiger partial charge in [-0.05, 0) is 17.7 Å². The molecule has 0 radical (unpaired) electrons. The predicted molar refractivity (Wildman–Crippen MR) is 76.7 cm³/mol. The third-order valence-corrected chi connectivity index (χ3v) is 3.50. The highest BCUT2D eigenvalue weighted by Crippen LogP contribution is 2.14. The van der Waals surface area contributed by atoms with E-state index >= 15 is 0 Å². The smallest absolute Gasteiger partial charge is 0.122 e. The highest BCUT2D eigenvalue weighted by atomic mass is 16.2. The molecule has 0 bridgehead atoms. The minimum atomic E-state index is -0.0951. The summed E-state index contributed by atoms with van der Waals surface area (Å²) in [5, 5.41) is 8.67. The molecule has 0 aliphatic carbocycles. The summed E-state index contributed by atoms with van der Waals surface area (Å²) in [6, 6.07) is 8.21. The lowest BCUT2D eigenvalue weighted by atomic mass is 10.1. The van der Waals surface area contributed by atoms with Crippen molar-refractivity contribution in [3.05, 3.63) is 53.6 Å². The Hall–Kier alpha value is -2.09. The average molecular weight is 267 g/mol. The fourth-order valence-electron chi connectivity index (χ4n) is 2.45.